The first kappa shape index (κ1) is 12.1. The Morgan fingerprint density at radius 2 is 2.19 bits per heavy atom. The van der Waals surface area contributed by atoms with E-state index in [2.05, 4.69) is 11.2 Å². The summed E-state index contributed by atoms with van der Waals surface area (Å²) in [6.07, 6.45) is 5.43. The molecule has 1 N–H and O–H groups in total. The molecular formula is C13H15NO2. The van der Waals surface area contributed by atoms with Crippen LogP contribution in [0, 0.1) is 12.3 Å². The summed E-state index contributed by atoms with van der Waals surface area (Å²) in [4.78, 5) is 11.3. The van der Waals surface area contributed by atoms with Crippen molar-refractivity contribution in [2.75, 3.05) is 0 Å². The van der Waals surface area contributed by atoms with Crippen molar-refractivity contribution in [2.45, 2.75) is 26.0 Å². The zero-order chi connectivity index (χ0) is 11.8. The van der Waals surface area contributed by atoms with Gasteiger partial charge in [0.15, 0.2) is 0 Å². The minimum absolute atomic E-state index is 0.258. The summed E-state index contributed by atoms with van der Waals surface area (Å²) in [5, 5.41) is 2.59. The van der Waals surface area contributed by atoms with Gasteiger partial charge >= 0.3 is 6.09 Å². The first-order valence-electron chi connectivity index (χ1n) is 5.19. The normalized spacial score (nSPS) is 11.2. The molecular weight excluding hydrogens is 202 g/mol. The van der Waals surface area contributed by atoms with Crippen molar-refractivity contribution in [1.82, 2.24) is 5.32 Å². The van der Waals surface area contributed by atoms with Crippen LogP contribution in [0.5, 0.6) is 0 Å². The highest BCUT2D eigenvalue weighted by molar-refractivity contribution is 5.68. The van der Waals surface area contributed by atoms with Crippen LogP contribution in [-0.2, 0) is 11.3 Å². The van der Waals surface area contributed by atoms with E-state index in [9.17, 15) is 4.79 Å². The van der Waals surface area contributed by atoms with Gasteiger partial charge in [-0.1, -0.05) is 43.2 Å². The third-order valence-corrected chi connectivity index (χ3v) is 2.11. The Kier molecular flexibility index (Phi) is 4.94. The Balaban J connectivity index is 2.34. The van der Waals surface area contributed by atoms with E-state index in [0.717, 1.165) is 5.56 Å². The number of alkyl carbamates (subject to hydrolysis) is 1. The lowest BCUT2D eigenvalue weighted by molar-refractivity contribution is 0.137. The topological polar surface area (TPSA) is 38.3 Å². The molecule has 3 nitrogen and oxygen atoms in total. The Morgan fingerprint density at radius 3 is 2.75 bits per heavy atom. The summed E-state index contributed by atoms with van der Waals surface area (Å²) in [6, 6.07) is 9.23. The molecule has 0 aliphatic carbocycles. The van der Waals surface area contributed by atoms with E-state index in [0.29, 0.717) is 6.42 Å². The molecule has 16 heavy (non-hydrogen) atoms. The molecule has 1 amide bonds. The second-order valence-electron chi connectivity index (χ2n) is 3.33. The molecule has 1 atom stereocenters. The molecule has 3 heteroatoms. The highest BCUT2D eigenvalue weighted by atomic mass is 16.5. The Bertz CT molecular complexity index is 367. The SMILES string of the molecule is C#CC(CC)NC(=O)OCc1ccccc1. The van der Waals surface area contributed by atoms with Crippen molar-refractivity contribution in [2.24, 2.45) is 0 Å². The fraction of sp³-hybridized carbons (Fsp3) is 0.308. The van der Waals surface area contributed by atoms with Gasteiger partial charge in [-0.3, -0.25) is 0 Å². The van der Waals surface area contributed by atoms with Crippen LogP contribution in [0.15, 0.2) is 30.3 Å². The highest BCUT2D eigenvalue weighted by Gasteiger charge is 2.07. The Hall–Kier alpha value is -1.95. The zero-order valence-electron chi connectivity index (χ0n) is 9.27. The molecule has 0 aliphatic heterocycles. The van der Waals surface area contributed by atoms with E-state index in [1.165, 1.54) is 0 Å². The average molecular weight is 217 g/mol. The van der Waals surface area contributed by atoms with E-state index in [-0.39, 0.29) is 12.6 Å². The number of rotatable bonds is 4. The van der Waals surface area contributed by atoms with Gasteiger partial charge < -0.3 is 10.1 Å². The molecule has 0 aliphatic rings. The first-order chi connectivity index (χ1) is 7.76. The molecule has 1 rings (SSSR count). The monoisotopic (exact) mass is 217 g/mol. The van der Waals surface area contributed by atoms with Crippen LogP contribution in [0.4, 0.5) is 4.79 Å². The largest absolute Gasteiger partial charge is 0.445 e. The Labute approximate surface area is 95.8 Å². The van der Waals surface area contributed by atoms with Gasteiger partial charge in [-0.25, -0.2) is 4.79 Å². The summed E-state index contributed by atoms with van der Waals surface area (Å²) in [7, 11) is 0. The molecule has 84 valence electrons. The third kappa shape index (κ3) is 4.05. The van der Waals surface area contributed by atoms with E-state index < -0.39 is 6.09 Å². The second kappa shape index (κ2) is 6.52. The lowest BCUT2D eigenvalue weighted by Crippen LogP contribution is -2.33. The summed E-state index contributed by atoms with van der Waals surface area (Å²) in [5.41, 5.74) is 0.950. The number of ether oxygens (including phenoxy) is 1. The predicted octanol–water partition coefficient (Wildman–Crippen LogP) is 2.32. The summed E-state index contributed by atoms with van der Waals surface area (Å²) in [6.45, 7) is 2.16. The minimum Gasteiger partial charge on any atom is -0.445 e. The predicted molar refractivity (Wildman–Crippen MR) is 62.7 cm³/mol. The number of nitrogens with one attached hydrogen (secondary N) is 1. The smallest absolute Gasteiger partial charge is 0.408 e. The quantitative estimate of drug-likeness (QED) is 0.786. The van der Waals surface area contributed by atoms with Crippen LogP contribution in [-0.4, -0.2) is 12.1 Å². The van der Waals surface area contributed by atoms with Crippen LogP contribution in [0.2, 0.25) is 0 Å². The average Bonchev–Trinajstić information content (AvgIpc) is 2.34. The zero-order valence-corrected chi connectivity index (χ0v) is 9.27. The van der Waals surface area contributed by atoms with Crippen LogP contribution >= 0.6 is 0 Å². The van der Waals surface area contributed by atoms with E-state index in [4.69, 9.17) is 11.2 Å². The van der Waals surface area contributed by atoms with Gasteiger partial charge in [0.05, 0.1) is 6.04 Å². The first-order valence-corrected chi connectivity index (χ1v) is 5.19. The molecule has 1 aromatic carbocycles. The van der Waals surface area contributed by atoms with Crippen molar-refractivity contribution < 1.29 is 9.53 Å². The third-order valence-electron chi connectivity index (χ3n) is 2.11. The van der Waals surface area contributed by atoms with E-state index in [1.807, 2.05) is 37.3 Å². The fourth-order valence-electron chi connectivity index (χ4n) is 1.17. The number of amides is 1. The maximum Gasteiger partial charge on any atom is 0.408 e. The van der Waals surface area contributed by atoms with Gasteiger partial charge in [-0.15, -0.1) is 6.42 Å². The van der Waals surface area contributed by atoms with E-state index in [1.54, 1.807) is 0 Å². The van der Waals surface area contributed by atoms with Gasteiger partial charge in [0.1, 0.15) is 6.61 Å². The molecule has 1 unspecified atom stereocenters. The summed E-state index contributed by atoms with van der Waals surface area (Å²) < 4.78 is 5.02. The molecule has 1 aromatic rings. The van der Waals surface area contributed by atoms with Gasteiger partial charge in [-0.05, 0) is 12.0 Å². The highest BCUT2D eigenvalue weighted by Crippen LogP contribution is 2.00. The van der Waals surface area contributed by atoms with Crippen molar-refractivity contribution in [1.29, 1.82) is 0 Å². The number of terminal acetylenes is 1. The minimum atomic E-state index is -0.478. The van der Waals surface area contributed by atoms with E-state index >= 15 is 0 Å². The molecule has 0 saturated carbocycles. The number of benzene rings is 1. The van der Waals surface area contributed by atoms with Crippen LogP contribution < -0.4 is 5.32 Å². The molecule has 0 heterocycles. The van der Waals surface area contributed by atoms with Gasteiger partial charge in [-0.2, -0.15) is 0 Å². The van der Waals surface area contributed by atoms with Gasteiger partial charge in [0.2, 0.25) is 0 Å². The number of hydrogen-bond acceptors (Lipinski definition) is 2. The van der Waals surface area contributed by atoms with Crippen molar-refractivity contribution in [3.8, 4) is 12.3 Å². The molecule has 0 bridgehead atoms. The summed E-state index contributed by atoms with van der Waals surface area (Å²) in [5.74, 6) is 2.47. The number of carbonyl (C=O) groups excluding carboxylic acids is 1. The number of hydrogen-bond donors (Lipinski definition) is 1. The van der Waals surface area contributed by atoms with Gasteiger partial charge in [0.25, 0.3) is 0 Å². The molecule has 0 aromatic heterocycles. The second-order valence-corrected chi connectivity index (χ2v) is 3.33. The van der Waals surface area contributed by atoms with Crippen molar-refractivity contribution in [3.63, 3.8) is 0 Å². The maximum absolute atomic E-state index is 11.3. The fourth-order valence-corrected chi connectivity index (χ4v) is 1.17. The van der Waals surface area contributed by atoms with Crippen LogP contribution in [0.25, 0.3) is 0 Å². The van der Waals surface area contributed by atoms with Crippen molar-refractivity contribution >= 4 is 6.09 Å². The maximum atomic E-state index is 11.3. The molecule has 0 saturated heterocycles. The molecule has 0 fully saturated rings. The van der Waals surface area contributed by atoms with Crippen molar-refractivity contribution in [3.05, 3.63) is 35.9 Å². The van der Waals surface area contributed by atoms with Gasteiger partial charge in [0, 0.05) is 0 Å². The van der Waals surface area contributed by atoms with Crippen LogP contribution in [0.1, 0.15) is 18.9 Å². The molecule has 0 spiro atoms. The number of carbonyl (C=O) groups is 1. The van der Waals surface area contributed by atoms with Crippen LogP contribution in [0.3, 0.4) is 0 Å². The summed E-state index contributed by atoms with van der Waals surface area (Å²) >= 11 is 0. The lowest BCUT2D eigenvalue weighted by atomic mass is 10.2. The Morgan fingerprint density at radius 1 is 1.50 bits per heavy atom. The molecule has 0 radical (unpaired) electrons. The lowest BCUT2D eigenvalue weighted by Gasteiger charge is -2.10. The standard InChI is InChI=1S/C13H15NO2/c1-3-12(4-2)14-13(15)16-10-11-8-6-5-7-9-11/h1,5-9,12H,4,10H2,2H3,(H,14,15).